The summed E-state index contributed by atoms with van der Waals surface area (Å²) >= 11 is 0. The van der Waals surface area contributed by atoms with E-state index in [1.165, 1.54) is 12.8 Å². The van der Waals surface area contributed by atoms with E-state index in [2.05, 4.69) is 6.92 Å². The molecular formula is C8H15IO2-2. The summed E-state index contributed by atoms with van der Waals surface area (Å²) in [5.74, 6) is -0.920. The molecule has 0 aromatic carbocycles. The van der Waals surface area contributed by atoms with Gasteiger partial charge in [0.25, 0.3) is 0 Å². The van der Waals surface area contributed by atoms with Gasteiger partial charge in [-0.2, -0.15) is 0 Å². The second-order valence-electron chi connectivity index (χ2n) is 2.54. The Morgan fingerprint density at radius 3 is 2.18 bits per heavy atom. The quantitative estimate of drug-likeness (QED) is 0.418. The molecule has 0 fully saturated rings. The van der Waals surface area contributed by atoms with Gasteiger partial charge in [0.1, 0.15) is 0 Å². The molecule has 0 aliphatic heterocycles. The number of aliphatic carboxylic acids is 1. The molecular weight excluding hydrogens is 255 g/mol. The Morgan fingerprint density at radius 1 is 1.18 bits per heavy atom. The van der Waals surface area contributed by atoms with Gasteiger partial charge < -0.3 is 33.9 Å². The van der Waals surface area contributed by atoms with E-state index < -0.39 is 5.97 Å². The van der Waals surface area contributed by atoms with Crippen LogP contribution in [0.15, 0.2) is 0 Å². The van der Waals surface area contributed by atoms with Gasteiger partial charge in [-0.15, -0.1) is 0 Å². The lowest BCUT2D eigenvalue weighted by atomic mass is 10.1. The molecule has 3 heteroatoms. The number of carbonyl (C=O) groups excluding carboxylic acids is 1. The zero-order chi connectivity index (χ0) is 7.82. The third-order valence-electron chi connectivity index (χ3n) is 1.48. The highest BCUT2D eigenvalue weighted by Crippen LogP contribution is 2.03. The van der Waals surface area contributed by atoms with Gasteiger partial charge in [0, 0.05) is 5.97 Å². The lowest BCUT2D eigenvalue weighted by molar-refractivity contribution is -0.305. The van der Waals surface area contributed by atoms with Crippen LogP contribution >= 0.6 is 0 Å². The Labute approximate surface area is 85.4 Å². The first kappa shape index (κ1) is 13.8. The summed E-state index contributed by atoms with van der Waals surface area (Å²) in [5, 5.41) is 9.92. The van der Waals surface area contributed by atoms with Crippen LogP contribution in [0.25, 0.3) is 0 Å². The van der Waals surface area contributed by atoms with Gasteiger partial charge in [0.15, 0.2) is 0 Å². The molecule has 0 unspecified atom stereocenters. The summed E-state index contributed by atoms with van der Waals surface area (Å²) in [6, 6.07) is 0. The van der Waals surface area contributed by atoms with Crippen molar-refractivity contribution in [2.24, 2.45) is 0 Å². The normalized spacial score (nSPS) is 8.82. The van der Waals surface area contributed by atoms with Crippen LogP contribution in [0.3, 0.4) is 0 Å². The maximum absolute atomic E-state index is 9.92. The number of hydrogen-bond acceptors (Lipinski definition) is 2. The monoisotopic (exact) mass is 270 g/mol. The number of carboxylic acids is 1. The van der Waals surface area contributed by atoms with Crippen LogP contribution in [0, 0.1) is 0 Å². The first-order chi connectivity index (χ1) is 4.77. The van der Waals surface area contributed by atoms with E-state index in [4.69, 9.17) is 0 Å². The van der Waals surface area contributed by atoms with Crippen LogP contribution in [-0.2, 0) is 4.79 Å². The van der Waals surface area contributed by atoms with Crippen molar-refractivity contribution in [3.05, 3.63) is 0 Å². The van der Waals surface area contributed by atoms with Crippen molar-refractivity contribution < 1.29 is 33.9 Å². The Kier molecular flexibility index (Phi) is 12.8. The molecule has 0 aliphatic rings. The summed E-state index contributed by atoms with van der Waals surface area (Å²) in [4.78, 5) is 9.92. The minimum atomic E-state index is -0.920. The summed E-state index contributed by atoms with van der Waals surface area (Å²) < 4.78 is 0. The zero-order valence-corrected chi connectivity index (χ0v) is 9.09. The number of unbranched alkanes of at least 4 members (excludes halogenated alkanes) is 4. The van der Waals surface area contributed by atoms with Gasteiger partial charge >= 0.3 is 0 Å². The van der Waals surface area contributed by atoms with E-state index in [1.807, 2.05) is 0 Å². The van der Waals surface area contributed by atoms with Gasteiger partial charge in [-0.3, -0.25) is 0 Å². The molecule has 68 valence electrons. The highest BCUT2D eigenvalue weighted by Gasteiger charge is 1.88. The van der Waals surface area contributed by atoms with E-state index in [9.17, 15) is 9.90 Å². The predicted molar refractivity (Wildman–Crippen MR) is 38.4 cm³/mol. The van der Waals surface area contributed by atoms with Crippen LogP contribution in [0.4, 0.5) is 0 Å². The summed E-state index contributed by atoms with van der Waals surface area (Å²) in [6.07, 6.45) is 5.61. The smallest absolute Gasteiger partial charge is 0.0414 e. The number of carbonyl (C=O) groups is 1. The van der Waals surface area contributed by atoms with E-state index in [0.717, 1.165) is 19.3 Å². The van der Waals surface area contributed by atoms with Gasteiger partial charge in [-0.05, 0) is 12.8 Å². The van der Waals surface area contributed by atoms with Crippen molar-refractivity contribution in [1.82, 2.24) is 0 Å². The molecule has 0 saturated carbocycles. The minimum Gasteiger partial charge on any atom is -1.00 e. The second-order valence-corrected chi connectivity index (χ2v) is 2.54. The topological polar surface area (TPSA) is 40.1 Å². The van der Waals surface area contributed by atoms with Gasteiger partial charge in [-0.25, -0.2) is 0 Å². The standard InChI is InChI=1S/C8H16O2.HI/c1-2-3-4-5-6-7-8(9)10;/h2-7H2,1H3,(H,9,10);1H/p-2. The largest absolute Gasteiger partial charge is 1.00 e. The van der Waals surface area contributed by atoms with Crippen molar-refractivity contribution in [2.75, 3.05) is 0 Å². The van der Waals surface area contributed by atoms with Crippen LogP contribution < -0.4 is 29.1 Å². The number of rotatable bonds is 6. The molecule has 0 saturated heterocycles. The van der Waals surface area contributed by atoms with Crippen LogP contribution in [0.2, 0.25) is 0 Å². The summed E-state index contributed by atoms with van der Waals surface area (Å²) in [5.41, 5.74) is 0. The number of hydrogen-bond donors (Lipinski definition) is 0. The van der Waals surface area contributed by atoms with Crippen LogP contribution in [0.1, 0.15) is 45.4 Å². The van der Waals surface area contributed by atoms with E-state index >= 15 is 0 Å². The zero-order valence-electron chi connectivity index (χ0n) is 6.94. The molecule has 11 heavy (non-hydrogen) atoms. The number of halogens is 1. The molecule has 0 aliphatic carbocycles. The first-order valence-electron chi connectivity index (χ1n) is 3.97. The molecule has 0 aromatic heterocycles. The molecule has 0 rings (SSSR count). The molecule has 0 N–H and O–H groups in total. The van der Waals surface area contributed by atoms with E-state index in [1.54, 1.807) is 0 Å². The fraction of sp³-hybridized carbons (Fsp3) is 0.875. The maximum Gasteiger partial charge on any atom is 0.0414 e. The average Bonchev–Trinajstić information content (AvgIpc) is 1.87. The van der Waals surface area contributed by atoms with Gasteiger partial charge in [0.05, 0.1) is 0 Å². The highest BCUT2D eigenvalue weighted by atomic mass is 127. The molecule has 2 nitrogen and oxygen atoms in total. The molecule has 0 amide bonds. The Bertz CT molecular complexity index is 94.1. The maximum atomic E-state index is 9.92. The second kappa shape index (κ2) is 10.2. The number of carboxylic acid groups (broad SMARTS) is 1. The summed E-state index contributed by atoms with van der Waals surface area (Å²) in [6.45, 7) is 2.14. The van der Waals surface area contributed by atoms with Gasteiger partial charge in [0.2, 0.25) is 0 Å². The molecule has 0 atom stereocenters. The molecule has 0 heterocycles. The lowest BCUT2D eigenvalue weighted by Crippen LogP contribution is -3.00. The average molecular weight is 270 g/mol. The molecule has 0 aromatic rings. The fourth-order valence-electron chi connectivity index (χ4n) is 0.873. The van der Waals surface area contributed by atoms with Crippen molar-refractivity contribution in [3.8, 4) is 0 Å². The lowest BCUT2D eigenvalue weighted by Gasteiger charge is -2.00. The summed E-state index contributed by atoms with van der Waals surface area (Å²) in [7, 11) is 0. The Balaban J connectivity index is 0. The highest BCUT2D eigenvalue weighted by molar-refractivity contribution is 5.63. The van der Waals surface area contributed by atoms with E-state index in [0.29, 0.717) is 0 Å². The van der Waals surface area contributed by atoms with E-state index in [-0.39, 0.29) is 30.4 Å². The minimum absolute atomic E-state index is 0. The third kappa shape index (κ3) is 13.2. The van der Waals surface area contributed by atoms with Crippen molar-refractivity contribution in [2.45, 2.75) is 45.4 Å². The molecule has 0 radical (unpaired) electrons. The van der Waals surface area contributed by atoms with Crippen molar-refractivity contribution in [1.29, 1.82) is 0 Å². The van der Waals surface area contributed by atoms with Crippen LogP contribution in [0.5, 0.6) is 0 Å². The third-order valence-corrected chi connectivity index (χ3v) is 1.48. The van der Waals surface area contributed by atoms with Gasteiger partial charge in [-0.1, -0.05) is 32.6 Å². The van der Waals surface area contributed by atoms with Crippen LogP contribution in [-0.4, -0.2) is 5.97 Å². The fourth-order valence-corrected chi connectivity index (χ4v) is 0.873. The Morgan fingerprint density at radius 2 is 1.73 bits per heavy atom. The Hall–Kier alpha value is 0.200. The van der Waals surface area contributed by atoms with Crippen molar-refractivity contribution in [3.63, 3.8) is 0 Å². The van der Waals surface area contributed by atoms with Crippen molar-refractivity contribution >= 4 is 5.97 Å². The first-order valence-corrected chi connectivity index (χ1v) is 3.97. The molecule has 0 spiro atoms. The SMILES string of the molecule is CCCCCCCC(=O)[O-].[I-]. The predicted octanol–water partition coefficient (Wildman–Crippen LogP) is -1.90. The molecule has 0 bridgehead atoms.